The van der Waals surface area contributed by atoms with Crippen molar-refractivity contribution < 1.29 is 28.3 Å². The first kappa shape index (κ1) is 21.2. The van der Waals surface area contributed by atoms with E-state index in [1.165, 1.54) is 0 Å². The third-order valence-electron chi connectivity index (χ3n) is 3.81. The summed E-state index contributed by atoms with van der Waals surface area (Å²) in [6.45, 7) is 8.27. The Kier molecular flexibility index (Phi) is 7.19. The number of rotatable bonds is 8. The summed E-state index contributed by atoms with van der Waals surface area (Å²) in [7, 11) is -4.60. The van der Waals surface area contributed by atoms with Crippen LogP contribution < -0.4 is 4.52 Å². The van der Waals surface area contributed by atoms with Gasteiger partial charge in [-0.25, -0.2) is 9.36 Å². The minimum absolute atomic E-state index is 0.138. The highest BCUT2D eigenvalue weighted by Crippen LogP contribution is 2.44. The molecule has 146 valence electrons. The van der Waals surface area contributed by atoms with Gasteiger partial charge in [-0.3, -0.25) is 9.78 Å². The Balaban J connectivity index is 1.91. The average molecular weight is 392 g/mol. The highest BCUT2D eigenvalue weighted by molar-refractivity contribution is 7.47. The van der Waals surface area contributed by atoms with E-state index in [4.69, 9.17) is 4.52 Å². The molecule has 1 atom stereocenters. The zero-order valence-corrected chi connectivity index (χ0v) is 16.8. The summed E-state index contributed by atoms with van der Waals surface area (Å²) < 4.78 is 21.2. The Morgan fingerprint density at radius 2 is 1.59 bits per heavy atom. The van der Waals surface area contributed by atoms with Crippen LogP contribution in [0.4, 0.5) is 0 Å². The highest BCUT2D eigenvalue weighted by Gasteiger charge is 2.27. The lowest BCUT2D eigenvalue weighted by molar-refractivity contribution is -0.165. The summed E-state index contributed by atoms with van der Waals surface area (Å²) in [5, 5.41) is 0. The van der Waals surface area contributed by atoms with Gasteiger partial charge in [-0.1, -0.05) is 56.6 Å². The first-order chi connectivity index (χ1) is 12.7. The minimum atomic E-state index is -4.60. The van der Waals surface area contributed by atoms with E-state index in [-0.39, 0.29) is 11.3 Å². The van der Waals surface area contributed by atoms with Gasteiger partial charge in [0.1, 0.15) is 5.75 Å². The van der Waals surface area contributed by atoms with Gasteiger partial charge in [-0.2, -0.15) is 0 Å². The fraction of sp³-hybridized carbons (Fsp3) is 0.350. The molecule has 2 rings (SSSR count). The van der Waals surface area contributed by atoms with Crippen LogP contribution in [0.1, 0.15) is 55.1 Å². The van der Waals surface area contributed by atoms with E-state index >= 15 is 0 Å². The van der Waals surface area contributed by atoms with E-state index in [2.05, 4.69) is 23.4 Å². The minimum Gasteiger partial charge on any atom is -0.402 e. The quantitative estimate of drug-likeness (QED) is 0.374. The summed E-state index contributed by atoms with van der Waals surface area (Å²) in [5.41, 5.74) is 2.36. The number of carbonyl (C=O) groups excluding carboxylic acids is 1. The van der Waals surface area contributed by atoms with Crippen LogP contribution >= 0.6 is 7.82 Å². The van der Waals surface area contributed by atoms with Crippen molar-refractivity contribution in [2.75, 3.05) is 0 Å². The Hall–Kier alpha value is -2.14. The van der Waals surface area contributed by atoms with Gasteiger partial charge in [-0.05, 0) is 53.6 Å². The van der Waals surface area contributed by atoms with E-state index in [0.717, 1.165) is 17.5 Å². The molecule has 0 saturated heterocycles. The SMILES string of the molecule is CC(C)Cc1ccc(C(=O)OOP(=O)(O)Oc2ccc(C(C)C)cc2)cc1. The maximum atomic E-state index is 12.0. The molecular formula is C20H25O6P. The molecule has 1 unspecified atom stereocenters. The van der Waals surface area contributed by atoms with Crippen LogP contribution in [0.2, 0.25) is 0 Å². The first-order valence-corrected chi connectivity index (χ1v) is 10.3. The third kappa shape index (κ3) is 6.83. The second-order valence-electron chi connectivity index (χ2n) is 7.02. The van der Waals surface area contributed by atoms with Gasteiger partial charge in [0.25, 0.3) is 0 Å². The monoisotopic (exact) mass is 392 g/mol. The van der Waals surface area contributed by atoms with Crippen molar-refractivity contribution in [1.29, 1.82) is 0 Å². The van der Waals surface area contributed by atoms with Crippen LogP contribution in [0.25, 0.3) is 0 Å². The summed E-state index contributed by atoms with van der Waals surface area (Å²) in [4.78, 5) is 26.2. The molecule has 0 saturated carbocycles. The number of benzene rings is 2. The predicted molar refractivity (Wildman–Crippen MR) is 102 cm³/mol. The summed E-state index contributed by atoms with van der Waals surface area (Å²) in [6, 6.07) is 13.4. The maximum Gasteiger partial charge on any atom is 0.564 e. The molecule has 0 radical (unpaired) electrons. The summed E-state index contributed by atoms with van der Waals surface area (Å²) in [5.74, 6) is 0.0840. The molecule has 2 aromatic rings. The first-order valence-electron chi connectivity index (χ1n) is 8.78. The second kappa shape index (κ2) is 9.18. The normalized spacial score (nSPS) is 13.4. The lowest BCUT2D eigenvalue weighted by Gasteiger charge is -2.12. The van der Waals surface area contributed by atoms with Crippen molar-refractivity contribution in [1.82, 2.24) is 0 Å². The van der Waals surface area contributed by atoms with Gasteiger partial charge >= 0.3 is 13.8 Å². The number of hydrogen-bond acceptors (Lipinski definition) is 5. The molecule has 6 nitrogen and oxygen atoms in total. The van der Waals surface area contributed by atoms with Gasteiger partial charge in [0.05, 0.1) is 5.56 Å². The molecule has 0 amide bonds. The van der Waals surface area contributed by atoms with E-state index in [9.17, 15) is 14.3 Å². The highest BCUT2D eigenvalue weighted by atomic mass is 31.2. The third-order valence-corrected chi connectivity index (χ3v) is 4.51. The lowest BCUT2D eigenvalue weighted by atomic mass is 10.0. The van der Waals surface area contributed by atoms with Crippen LogP contribution in [0.5, 0.6) is 5.75 Å². The number of phosphoric ester groups is 1. The molecule has 0 aliphatic carbocycles. The Bertz CT molecular complexity index is 796. The Labute approximate surface area is 159 Å². The number of phosphoric acid groups is 1. The molecule has 0 aliphatic heterocycles. The van der Waals surface area contributed by atoms with Crippen LogP contribution in [0.3, 0.4) is 0 Å². The average Bonchev–Trinajstić information content (AvgIpc) is 2.60. The molecule has 0 fully saturated rings. The number of carbonyl (C=O) groups is 1. The largest absolute Gasteiger partial charge is 0.564 e. The van der Waals surface area contributed by atoms with Crippen LogP contribution in [0.15, 0.2) is 48.5 Å². The second-order valence-corrected chi connectivity index (χ2v) is 8.29. The molecule has 27 heavy (non-hydrogen) atoms. The van der Waals surface area contributed by atoms with Crippen LogP contribution in [-0.2, 0) is 20.5 Å². The van der Waals surface area contributed by atoms with Crippen LogP contribution in [-0.4, -0.2) is 10.9 Å². The van der Waals surface area contributed by atoms with E-state index in [0.29, 0.717) is 11.8 Å². The van der Waals surface area contributed by atoms with Gasteiger partial charge in [-0.15, -0.1) is 0 Å². The van der Waals surface area contributed by atoms with Gasteiger partial charge < -0.3 is 4.52 Å². The van der Waals surface area contributed by atoms with Crippen molar-refractivity contribution >= 4 is 13.8 Å². The smallest absolute Gasteiger partial charge is 0.402 e. The summed E-state index contributed by atoms with van der Waals surface area (Å²) in [6.07, 6.45) is 0.890. The summed E-state index contributed by atoms with van der Waals surface area (Å²) >= 11 is 0. The molecule has 7 heteroatoms. The van der Waals surface area contributed by atoms with Crippen molar-refractivity contribution in [2.45, 2.75) is 40.0 Å². The van der Waals surface area contributed by atoms with Crippen molar-refractivity contribution in [3.8, 4) is 5.75 Å². The van der Waals surface area contributed by atoms with Gasteiger partial charge in [0.2, 0.25) is 0 Å². The van der Waals surface area contributed by atoms with Crippen molar-refractivity contribution in [3.63, 3.8) is 0 Å². The van der Waals surface area contributed by atoms with Crippen molar-refractivity contribution in [2.24, 2.45) is 5.92 Å². The Morgan fingerprint density at radius 3 is 2.11 bits per heavy atom. The predicted octanol–water partition coefficient (Wildman–Crippen LogP) is 5.28. The molecule has 1 N–H and O–H groups in total. The van der Waals surface area contributed by atoms with Gasteiger partial charge in [0.15, 0.2) is 0 Å². The number of hydrogen-bond donors (Lipinski definition) is 1. The standard InChI is InChI=1S/C20H25O6P/c1-14(2)13-16-5-7-18(8-6-16)20(21)24-26-27(22,23)25-19-11-9-17(10-12-19)15(3)4/h5-12,14-15H,13H2,1-4H3,(H,22,23). The van der Waals surface area contributed by atoms with E-state index in [1.54, 1.807) is 36.4 Å². The van der Waals surface area contributed by atoms with Crippen molar-refractivity contribution in [3.05, 3.63) is 65.2 Å². The molecule has 0 aromatic heterocycles. The zero-order chi connectivity index (χ0) is 20.0. The van der Waals surface area contributed by atoms with Crippen LogP contribution in [0, 0.1) is 5.92 Å². The molecular weight excluding hydrogens is 367 g/mol. The molecule has 2 aromatic carbocycles. The van der Waals surface area contributed by atoms with E-state index in [1.807, 2.05) is 26.0 Å². The molecule has 0 heterocycles. The maximum absolute atomic E-state index is 12.0. The fourth-order valence-electron chi connectivity index (χ4n) is 2.44. The van der Waals surface area contributed by atoms with Gasteiger partial charge in [0, 0.05) is 0 Å². The lowest BCUT2D eigenvalue weighted by Crippen LogP contribution is -2.07. The van der Waals surface area contributed by atoms with E-state index < -0.39 is 13.8 Å². The molecule has 0 bridgehead atoms. The molecule has 0 aliphatic rings. The topological polar surface area (TPSA) is 82.1 Å². The Morgan fingerprint density at radius 1 is 1.00 bits per heavy atom. The molecule has 0 spiro atoms. The fourth-order valence-corrected chi connectivity index (χ4v) is 3.02. The zero-order valence-electron chi connectivity index (χ0n) is 15.9.